The molecule has 10 heteroatoms. The molecule has 7 nitrogen and oxygen atoms in total. The van der Waals surface area contributed by atoms with Crippen LogP contribution in [0, 0.1) is 22.7 Å². The van der Waals surface area contributed by atoms with E-state index in [0.717, 1.165) is 6.07 Å². The van der Waals surface area contributed by atoms with E-state index in [-0.39, 0.29) is 25.0 Å². The molecule has 2 aliphatic heterocycles. The maximum absolute atomic E-state index is 13.4. The molecule has 2 fully saturated rings. The number of ether oxygens (including phenoxy) is 1. The van der Waals surface area contributed by atoms with E-state index in [9.17, 15) is 23.1 Å². The Hall–Kier alpha value is -3.32. The number of likely N-dealkylation sites (tertiary alicyclic amines) is 1. The summed E-state index contributed by atoms with van der Waals surface area (Å²) in [4.78, 5) is 20.6. The number of amides is 1. The van der Waals surface area contributed by atoms with Crippen molar-refractivity contribution in [1.29, 1.82) is 5.26 Å². The smallest absolute Gasteiger partial charge is 0.417 e. The van der Waals surface area contributed by atoms with Gasteiger partial charge in [0.1, 0.15) is 0 Å². The molecule has 4 rings (SSSR count). The van der Waals surface area contributed by atoms with Gasteiger partial charge in [0, 0.05) is 49.5 Å². The fraction of sp³-hybridized carbons (Fsp3) is 0.435. The van der Waals surface area contributed by atoms with Gasteiger partial charge in [0.25, 0.3) is 5.91 Å². The summed E-state index contributed by atoms with van der Waals surface area (Å²) in [6, 6.07) is 8.49. The Morgan fingerprint density at radius 2 is 2.12 bits per heavy atom. The molecule has 2 aliphatic rings. The molecule has 0 aliphatic carbocycles. The van der Waals surface area contributed by atoms with E-state index in [1.165, 1.54) is 25.4 Å². The number of pyridine rings is 1. The van der Waals surface area contributed by atoms with Crippen molar-refractivity contribution in [3.8, 4) is 11.9 Å². The van der Waals surface area contributed by atoms with Crippen LogP contribution in [0.4, 0.5) is 18.9 Å². The lowest BCUT2D eigenvalue weighted by molar-refractivity contribution is -0.137. The number of halogens is 3. The van der Waals surface area contributed by atoms with Crippen LogP contribution in [0.3, 0.4) is 0 Å². The summed E-state index contributed by atoms with van der Waals surface area (Å²) in [6.07, 6.45) is -2.58. The second-order valence-corrected chi connectivity index (χ2v) is 8.54. The van der Waals surface area contributed by atoms with Crippen LogP contribution in [0.2, 0.25) is 0 Å². The van der Waals surface area contributed by atoms with Crippen LogP contribution >= 0.6 is 0 Å². The number of nitriles is 1. The van der Waals surface area contributed by atoms with Gasteiger partial charge in [-0.15, -0.1) is 0 Å². The molecular weight excluding hydrogens is 437 g/mol. The fourth-order valence-electron chi connectivity index (χ4n) is 4.86. The number of anilines is 1. The molecule has 0 unspecified atom stereocenters. The van der Waals surface area contributed by atoms with Crippen LogP contribution in [-0.2, 0) is 6.18 Å². The fourth-order valence-corrected chi connectivity index (χ4v) is 4.86. The monoisotopic (exact) mass is 460 g/mol. The SMILES string of the molecule is COc1ccc(C(=O)N2C[C@H]3CCN(c4ccc(C#N)c(C(F)(F)F)c4)C[C@@]3(CO)C2)cn1. The molecule has 174 valence electrons. The zero-order valence-corrected chi connectivity index (χ0v) is 18.0. The van der Waals surface area contributed by atoms with Gasteiger partial charge in [-0.2, -0.15) is 18.4 Å². The topological polar surface area (TPSA) is 89.7 Å². The first-order valence-corrected chi connectivity index (χ1v) is 10.5. The van der Waals surface area contributed by atoms with Gasteiger partial charge < -0.3 is 19.6 Å². The number of alkyl halides is 3. The summed E-state index contributed by atoms with van der Waals surface area (Å²) in [5, 5.41) is 19.3. The third-order valence-electron chi connectivity index (χ3n) is 6.65. The molecule has 3 heterocycles. The van der Waals surface area contributed by atoms with Crippen LogP contribution in [0.25, 0.3) is 0 Å². The first kappa shape index (κ1) is 22.9. The Labute approximate surface area is 189 Å². The van der Waals surface area contributed by atoms with Crippen molar-refractivity contribution < 1.29 is 27.8 Å². The molecule has 33 heavy (non-hydrogen) atoms. The highest BCUT2D eigenvalue weighted by Crippen LogP contribution is 2.44. The molecule has 2 saturated heterocycles. The second kappa shape index (κ2) is 8.56. The van der Waals surface area contributed by atoms with Crippen LogP contribution < -0.4 is 9.64 Å². The highest BCUT2D eigenvalue weighted by Gasteiger charge is 2.51. The van der Waals surface area contributed by atoms with E-state index in [4.69, 9.17) is 10.00 Å². The maximum Gasteiger partial charge on any atom is 0.417 e. The van der Waals surface area contributed by atoms with Gasteiger partial charge in [-0.3, -0.25) is 4.79 Å². The summed E-state index contributed by atoms with van der Waals surface area (Å²) in [5.41, 5.74) is -1.31. The van der Waals surface area contributed by atoms with Gasteiger partial charge in [-0.25, -0.2) is 4.98 Å². The molecule has 0 bridgehead atoms. The lowest BCUT2D eigenvalue weighted by Crippen LogP contribution is -2.51. The molecule has 2 aromatic rings. The van der Waals surface area contributed by atoms with Crippen LogP contribution in [0.1, 0.15) is 27.9 Å². The van der Waals surface area contributed by atoms with Crippen LogP contribution in [0.5, 0.6) is 5.88 Å². The zero-order valence-electron chi connectivity index (χ0n) is 18.0. The van der Waals surface area contributed by atoms with Gasteiger partial charge in [0.15, 0.2) is 0 Å². The molecule has 0 saturated carbocycles. The Balaban J connectivity index is 1.56. The predicted octanol–water partition coefficient (Wildman–Crippen LogP) is 2.94. The van der Waals surface area contributed by atoms with Gasteiger partial charge in [0.05, 0.1) is 36.5 Å². The van der Waals surface area contributed by atoms with E-state index in [1.54, 1.807) is 28.0 Å². The number of carbonyl (C=O) groups excluding carboxylic acids is 1. The summed E-state index contributed by atoms with van der Waals surface area (Å²) in [5.74, 6) is 0.204. The number of hydrogen-bond acceptors (Lipinski definition) is 6. The molecule has 1 N–H and O–H groups in total. The van der Waals surface area contributed by atoms with Gasteiger partial charge in [-0.1, -0.05) is 0 Å². The minimum atomic E-state index is -4.64. The van der Waals surface area contributed by atoms with Crippen LogP contribution in [-0.4, -0.2) is 60.8 Å². The largest absolute Gasteiger partial charge is 0.481 e. The maximum atomic E-state index is 13.4. The third kappa shape index (κ3) is 4.20. The van der Waals surface area contributed by atoms with Crippen molar-refractivity contribution in [3.05, 3.63) is 53.2 Å². The molecule has 0 radical (unpaired) electrons. The number of fused-ring (bicyclic) bond motifs is 1. The molecule has 2 atom stereocenters. The minimum Gasteiger partial charge on any atom is -0.481 e. The standard InChI is InChI=1S/C23H23F3N4O3/c1-33-20-5-3-16(10-28-20)21(32)30-11-17-6-7-29(12-22(17,13-30)14-31)18-4-2-15(9-27)19(8-18)23(24,25)26/h2-5,8,10,17,31H,6-7,11-14H2,1H3/t17-,22+/m1/s1. The normalized spacial score (nSPS) is 22.6. The van der Waals surface area contributed by atoms with Crippen molar-refractivity contribution >= 4 is 11.6 Å². The van der Waals surface area contributed by atoms with Crippen molar-refractivity contribution in [2.24, 2.45) is 11.3 Å². The van der Waals surface area contributed by atoms with E-state index in [2.05, 4.69) is 4.98 Å². The van der Waals surface area contributed by atoms with Crippen molar-refractivity contribution in [2.75, 3.05) is 44.8 Å². The second-order valence-electron chi connectivity index (χ2n) is 8.54. The number of carbonyl (C=O) groups is 1. The molecular formula is C23H23F3N4O3. The molecule has 0 spiro atoms. The van der Waals surface area contributed by atoms with Crippen molar-refractivity contribution in [2.45, 2.75) is 12.6 Å². The number of nitrogens with zero attached hydrogens (tertiary/aromatic N) is 4. The number of aromatic nitrogens is 1. The zero-order chi connectivity index (χ0) is 23.8. The van der Waals surface area contributed by atoms with E-state index >= 15 is 0 Å². The Morgan fingerprint density at radius 1 is 1.33 bits per heavy atom. The quantitative estimate of drug-likeness (QED) is 0.755. The van der Waals surface area contributed by atoms with E-state index in [0.29, 0.717) is 43.2 Å². The molecule has 1 amide bonds. The summed E-state index contributed by atoms with van der Waals surface area (Å²) < 4.78 is 45.3. The predicted molar refractivity (Wildman–Crippen MR) is 113 cm³/mol. The minimum absolute atomic E-state index is 0.0226. The first-order valence-electron chi connectivity index (χ1n) is 10.5. The van der Waals surface area contributed by atoms with Crippen molar-refractivity contribution in [3.63, 3.8) is 0 Å². The number of aliphatic hydroxyl groups excluding tert-OH is 1. The van der Waals surface area contributed by atoms with Gasteiger partial charge >= 0.3 is 6.18 Å². The van der Waals surface area contributed by atoms with Crippen LogP contribution in [0.15, 0.2) is 36.5 Å². The lowest BCUT2D eigenvalue weighted by Gasteiger charge is -2.44. The number of benzene rings is 1. The lowest BCUT2D eigenvalue weighted by atomic mass is 9.74. The van der Waals surface area contributed by atoms with E-state index < -0.39 is 22.7 Å². The summed E-state index contributed by atoms with van der Waals surface area (Å²) in [7, 11) is 1.48. The highest BCUT2D eigenvalue weighted by atomic mass is 19.4. The number of hydrogen-bond donors (Lipinski definition) is 1. The number of methoxy groups -OCH3 is 1. The Kier molecular flexibility index (Phi) is 5.93. The Bertz CT molecular complexity index is 1080. The van der Waals surface area contributed by atoms with Crippen molar-refractivity contribution in [1.82, 2.24) is 9.88 Å². The molecule has 1 aromatic heterocycles. The highest BCUT2D eigenvalue weighted by molar-refractivity contribution is 5.94. The van der Waals surface area contributed by atoms with Gasteiger partial charge in [0.2, 0.25) is 5.88 Å². The number of aliphatic hydroxyl groups is 1. The Morgan fingerprint density at radius 3 is 2.73 bits per heavy atom. The average molecular weight is 460 g/mol. The van der Waals surface area contributed by atoms with E-state index in [1.807, 2.05) is 0 Å². The third-order valence-corrected chi connectivity index (χ3v) is 6.65. The average Bonchev–Trinajstić information content (AvgIpc) is 3.22. The molecule has 1 aromatic carbocycles. The summed E-state index contributed by atoms with van der Waals surface area (Å²) >= 11 is 0. The number of rotatable bonds is 4. The number of piperidine rings is 1. The first-order chi connectivity index (χ1) is 15.7. The van der Waals surface area contributed by atoms with Gasteiger partial charge in [-0.05, 0) is 36.6 Å². The summed E-state index contributed by atoms with van der Waals surface area (Å²) in [6.45, 7) is 1.35.